The van der Waals surface area contributed by atoms with E-state index in [9.17, 15) is 10.2 Å². The van der Waals surface area contributed by atoms with Gasteiger partial charge in [-0.2, -0.15) is 0 Å². The Morgan fingerprint density at radius 3 is 2.18 bits per heavy atom. The third-order valence-electron chi connectivity index (χ3n) is 3.60. The zero-order valence-corrected chi connectivity index (χ0v) is 11.2. The molecule has 1 aromatic carbocycles. The number of aliphatic hydroxyl groups excluding tert-OH is 2. The van der Waals surface area contributed by atoms with Gasteiger partial charge < -0.3 is 10.2 Å². The second-order valence-corrected chi connectivity index (χ2v) is 5.16. The van der Waals surface area contributed by atoms with Crippen molar-refractivity contribution in [3.05, 3.63) is 34.9 Å². The molecule has 0 aliphatic heterocycles. The van der Waals surface area contributed by atoms with E-state index in [2.05, 4.69) is 39.0 Å². The van der Waals surface area contributed by atoms with Gasteiger partial charge in [0.25, 0.3) is 0 Å². The minimum atomic E-state index is -0.365. The molecule has 0 aliphatic carbocycles. The number of benzene rings is 1. The average Bonchev–Trinajstić information content (AvgIpc) is 2.33. The highest BCUT2D eigenvalue weighted by Gasteiger charge is 2.28. The highest BCUT2D eigenvalue weighted by molar-refractivity contribution is 5.30. The van der Waals surface area contributed by atoms with Crippen molar-refractivity contribution in [3.8, 4) is 0 Å². The summed E-state index contributed by atoms with van der Waals surface area (Å²) in [6.07, 6.45) is 2.58. The van der Waals surface area contributed by atoms with E-state index >= 15 is 0 Å². The number of aryl methyl sites for hydroxylation is 2. The summed E-state index contributed by atoms with van der Waals surface area (Å²) in [4.78, 5) is 0. The molecule has 0 aromatic heterocycles. The third kappa shape index (κ3) is 3.55. The second kappa shape index (κ2) is 6.18. The van der Waals surface area contributed by atoms with Gasteiger partial charge in [0.1, 0.15) is 0 Å². The van der Waals surface area contributed by atoms with Crippen molar-refractivity contribution in [3.63, 3.8) is 0 Å². The Bertz CT molecular complexity index is 354. The van der Waals surface area contributed by atoms with Gasteiger partial charge in [0.05, 0.1) is 13.2 Å². The summed E-state index contributed by atoms with van der Waals surface area (Å²) in [5.41, 5.74) is 3.38. The first-order valence-corrected chi connectivity index (χ1v) is 6.35. The molecule has 96 valence electrons. The predicted octanol–water partition coefficient (Wildman–Crippen LogP) is 2.62. The Kier molecular flexibility index (Phi) is 5.16. The van der Waals surface area contributed by atoms with Gasteiger partial charge in [-0.15, -0.1) is 0 Å². The molecular weight excluding hydrogens is 212 g/mol. The standard InChI is InChI=1S/C15H24O2/c1-4-7-15(10-16,11-17)9-14-6-5-12(2)13(3)8-14/h5-6,8,16-17H,4,7,9-11H2,1-3H3. The van der Waals surface area contributed by atoms with E-state index < -0.39 is 0 Å². The summed E-state index contributed by atoms with van der Waals surface area (Å²) in [6, 6.07) is 6.36. The largest absolute Gasteiger partial charge is 0.396 e. The summed E-state index contributed by atoms with van der Waals surface area (Å²) in [6.45, 7) is 6.36. The Balaban J connectivity index is 2.89. The molecule has 0 aliphatic rings. The molecule has 0 saturated heterocycles. The van der Waals surface area contributed by atoms with Gasteiger partial charge in [-0.25, -0.2) is 0 Å². The topological polar surface area (TPSA) is 40.5 Å². The predicted molar refractivity (Wildman–Crippen MR) is 71.1 cm³/mol. The van der Waals surface area contributed by atoms with Crippen molar-refractivity contribution in [2.24, 2.45) is 5.41 Å². The van der Waals surface area contributed by atoms with Crippen LogP contribution in [-0.2, 0) is 6.42 Å². The van der Waals surface area contributed by atoms with Gasteiger partial charge in [-0.05, 0) is 43.4 Å². The molecule has 17 heavy (non-hydrogen) atoms. The van der Waals surface area contributed by atoms with Crippen LogP contribution in [0.2, 0.25) is 0 Å². The highest BCUT2D eigenvalue weighted by Crippen LogP contribution is 2.28. The van der Waals surface area contributed by atoms with Gasteiger partial charge in [0.2, 0.25) is 0 Å². The van der Waals surface area contributed by atoms with Crippen LogP contribution in [0.25, 0.3) is 0 Å². The second-order valence-electron chi connectivity index (χ2n) is 5.16. The molecule has 0 bridgehead atoms. The summed E-state index contributed by atoms with van der Waals surface area (Å²) in [5.74, 6) is 0. The number of hydrogen-bond donors (Lipinski definition) is 2. The molecule has 2 nitrogen and oxygen atoms in total. The Hall–Kier alpha value is -0.860. The van der Waals surface area contributed by atoms with Crippen LogP contribution in [0, 0.1) is 19.3 Å². The van der Waals surface area contributed by atoms with Crippen LogP contribution in [0.4, 0.5) is 0 Å². The fourth-order valence-electron chi connectivity index (χ4n) is 2.29. The maximum absolute atomic E-state index is 9.53. The molecule has 2 N–H and O–H groups in total. The normalized spacial score (nSPS) is 11.8. The summed E-state index contributed by atoms with van der Waals surface area (Å²) < 4.78 is 0. The van der Waals surface area contributed by atoms with E-state index in [1.807, 2.05) is 0 Å². The van der Waals surface area contributed by atoms with Gasteiger partial charge >= 0.3 is 0 Å². The van der Waals surface area contributed by atoms with Crippen LogP contribution < -0.4 is 0 Å². The van der Waals surface area contributed by atoms with E-state index in [-0.39, 0.29) is 18.6 Å². The highest BCUT2D eigenvalue weighted by atomic mass is 16.3. The van der Waals surface area contributed by atoms with Crippen LogP contribution in [0.1, 0.15) is 36.5 Å². The molecule has 0 radical (unpaired) electrons. The van der Waals surface area contributed by atoms with E-state index in [0.717, 1.165) is 19.3 Å². The van der Waals surface area contributed by atoms with E-state index in [4.69, 9.17) is 0 Å². The van der Waals surface area contributed by atoms with Crippen LogP contribution in [-0.4, -0.2) is 23.4 Å². The van der Waals surface area contributed by atoms with Gasteiger partial charge in [-0.3, -0.25) is 0 Å². The molecule has 1 aromatic rings. The fourth-order valence-corrected chi connectivity index (χ4v) is 2.29. The molecule has 0 unspecified atom stereocenters. The zero-order chi connectivity index (χ0) is 12.9. The molecule has 0 spiro atoms. The molecule has 0 heterocycles. The first-order chi connectivity index (χ1) is 8.06. The third-order valence-corrected chi connectivity index (χ3v) is 3.60. The smallest absolute Gasteiger partial charge is 0.0512 e. The lowest BCUT2D eigenvalue weighted by Gasteiger charge is -2.29. The van der Waals surface area contributed by atoms with Crippen molar-refractivity contribution >= 4 is 0 Å². The van der Waals surface area contributed by atoms with Crippen molar-refractivity contribution < 1.29 is 10.2 Å². The minimum absolute atomic E-state index is 0.0459. The Morgan fingerprint density at radius 2 is 1.71 bits per heavy atom. The lowest BCUT2D eigenvalue weighted by molar-refractivity contribution is 0.0466. The van der Waals surface area contributed by atoms with E-state index in [1.165, 1.54) is 16.7 Å². The van der Waals surface area contributed by atoms with Crippen LogP contribution in [0.3, 0.4) is 0 Å². The molecule has 0 atom stereocenters. The van der Waals surface area contributed by atoms with Crippen molar-refractivity contribution in [1.82, 2.24) is 0 Å². The quantitative estimate of drug-likeness (QED) is 0.797. The van der Waals surface area contributed by atoms with Crippen molar-refractivity contribution in [1.29, 1.82) is 0 Å². The average molecular weight is 236 g/mol. The number of rotatable bonds is 6. The summed E-state index contributed by atoms with van der Waals surface area (Å²) in [5, 5.41) is 19.1. The van der Waals surface area contributed by atoms with Crippen molar-refractivity contribution in [2.45, 2.75) is 40.0 Å². The van der Waals surface area contributed by atoms with Gasteiger partial charge in [0.15, 0.2) is 0 Å². The van der Waals surface area contributed by atoms with Crippen LogP contribution >= 0.6 is 0 Å². The molecule has 1 rings (SSSR count). The Labute approximate surface area is 104 Å². The zero-order valence-electron chi connectivity index (χ0n) is 11.2. The maximum Gasteiger partial charge on any atom is 0.0512 e. The molecular formula is C15H24O2. The lowest BCUT2D eigenvalue weighted by atomic mass is 9.79. The maximum atomic E-state index is 9.53. The SMILES string of the molecule is CCCC(CO)(CO)Cc1ccc(C)c(C)c1. The number of aliphatic hydroxyl groups is 2. The lowest BCUT2D eigenvalue weighted by Crippen LogP contribution is -2.32. The van der Waals surface area contributed by atoms with Crippen LogP contribution in [0.15, 0.2) is 18.2 Å². The first-order valence-electron chi connectivity index (χ1n) is 6.35. The van der Waals surface area contributed by atoms with Gasteiger partial charge in [-0.1, -0.05) is 31.5 Å². The molecule has 0 fully saturated rings. The van der Waals surface area contributed by atoms with E-state index in [1.54, 1.807) is 0 Å². The molecule has 0 saturated carbocycles. The fraction of sp³-hybridized carbons (Fsp3) is 0.600. The summed E-state index contributed by atoms with van der Waals surface area (Å²) >= 11 is 0. The first kappa shape index (κ1) is 14.2. The molecule has 0 amide bonds. The van der Waals surface area contributed by atoms with E-state index in [0.29, 0.717) is 0 Å². The van der Waals surface area contributed by atoms with Gasteiger partial charge in [0, 0.05) is 5.41 Å². The Morgan fingerprint density at radius 1 is 1.06 bits per heavy atom. The minimum Gasteiger partial charge on any atom is -0.396 e. The number of hydrogen-bond acceptors (Lipinski definition) is 2. The van der Waals surface area contributed by atoms with Crippen LogP contribution in [0.5, 0.6) is 0 Å². The monoisotopic (exact) mass is 236 g/mol. The molecule has 2 heteroatoms. The summed E-state index contributed by atoms with van der Waals surface area (Å²) in [7, 11) is 0. The van der Waals surface area contributed by atoms with Crippen molar-refractivity contribution in [2.75, 3.05) is 13.2 Å².